The van der Waals surface area contributed by atoms with Gasteiger partial charge in [-0.25, -0.2) is 0 Å². The normalized spacial score (nSPS) is 15.9. The fourth-order valence-corrected chi connectivity index (χ4v) is 2.99. The summed E-state index contributed by atoms with van der Waals surface area (Å²) in [6, 6.07) is 0. The van der Waals surface area contributed by atoms with E-state index in [1.807, 2.05) is 0 Å². The zero-order valence-corrected chi connectivity index (χ0v) is 12.9. The predicted octanol–water partition coefficient (Wildman–Crippen LogP) is 3.75. The minimum absolute atomic E-state index is 0.00236. The molecule has 104 valence electrons. The van der Waals surface area contributed by atoms with E-state index in [4.69, 9.17) is 4.55 Å². The maximum absolute atomic E-state index is 11.1. The Morgan fingerprint density at radius 1 is 1.06 bits per heavy atom. The molecular weight excluding hydrogens is 236 g/mol. The van der Waals surface area contributed by atoms with E-state index in [2.05, 4.69) is 41.5 Å². The summed E-state index contributed by atoms with van der Waals surface area (Å²) in [5.41, 5.74) is 0.0457. The Balaban J connectivity index is 5.01. The van der Waals surface area contributed by atoms with Gasteiger partial charge in [-0.3, -0.25) is 4.55 Å². The second-order valence-corrected chi connectivity index (χ2v) is 8.01. The van der Waals surface area contributed by atoms with Crippen molar-refractivity contribution in [1.29, 1.82) is 0 Å². The van der Waals surface area contributed by atoms with Gasteiger partial charge >= 0.3 is 0 Å². The molecule has 0 aromatic rings. The summed E-state index contributed by atoms with van der Waals surface area (Å²) in [4.78, 5) is 0. The highest BCUT2D eigenvalue weighted by Crippen LogP contribution is 2.40. The topological polar surface area (TPSA) is 54.4 Å². The average molecular weight is 264 g/mol. The molecule has 0 saturated carbocycles. The molecule has 0 radical (unpaired) electrons. The van der Waals surface area contributed by atoms with Crippen LogP contribution in [-0.2, 0) is 10.1 Å². The van der Waals surface area contributed by atoms with Crippen molar-refractivity contribution in [3.63, 3.8) is 0 Å². The molecule has 0 heterocycles. The van der Waals surface area contributed by atoms with Gasteiger partial charge in [0, 0.05) is 0 Å². The zero-order valence-electron chi connectivity index (χ0n) is 12.1. The molecule has 0 amide bonds. The van der Waals surface area contributed by atoms with Gasteiger partial charge in [0.15, 0.2) is 0 Å². The third-order valence-electron chi connectivity index (χ3n) is 4.18. The number of hydrogen-bond donors (Lipinski definition) is 1. The van der Waals surface area contributed by atoms with Crippen LogP contribution in [0.5, 0.6) is 0 Å². The van der Waals surface area contributed by atoms with E-state index in [0.29, 0.717) is 0 Å². The van der Waals surface area contributed by atoms with E-state index >= 15 is 0 Å². The van der Waals surface area contributed by atoms with Crippen LogP contribution in [0, 0.1) is 16.7 Å². The van der Waals surface area contributed by atoms with Gasteiger partial charge in [0.2, 0.25) is 0 Å². The number of hydrogen-bond acceptors (Lipinski definition) is 2. The molecule has 0 aromatic carbocycles. The molecule has 1 atom stereocenters. The van der Waals surface area contributed by atoms with Gasteiger partial charge in [-0.2, -0.15) is 8.42 Å². The summed E-state index contributed by atoms with van der Waals surface area (Å²) in [7, 11) is -3.90. The molecule has 0 rings (SSSR count). The second kappa shape index (κ2) is 5.70. The van der Waals surface area contributed by atoms with Crippen molar-refractivity contribution in [2.24, 2.45) is 16.7 Å². The first-order chi connectivity index (χ1) is 7.43. The molecule has 0 aliphatic rings. The van der Waals surface area contributed by atoms with Crippen LogP contribution in [0.4, 0.5) is 0 Å². The Morgan fingerprint density at radius 2 is 1.53 bits per heavy atom. The maximum atomic E-state index is 11.1. The highest BCUT2D eigenvalue weighted by Gasteiger charge is 2.35. The van der Waals surface area contributed by atoms with Crippen molar-refractivity contribution < 1.29 is 13.0 Å². The van der Waals surface area contributed by atoms with Crippen LogP contribution in [0.1, 0.15) is 60.8 Å². The lowest BCUT2D eigenvalue weighted by atomic mass is 9.69. The lowest BCUT2D eigenvalue weighted by molar-refractivity contribution is 0.146. The Morgan fingerprint density at radius 3 is 1.82 bits per heavy atom. The van der Waals surface area contributed by atoms with Crippen molar-refractivity contribution in [2.45, 2.75) is 60.8 Å². The quantitative estimate of drug-likeness (QED) is 0.712. The van der Waals surface area contributed by atoms with Crippen LogP contribution in [0.15, 0.2) is 0 Å². The molecule has 0 bridgehead atoms. The second-order valence-electron chi connectivity index (χ2n) is 6.51. The lowest BCUT2D eigenvalue weighted by Gasteiger charge is -2.38. The van der Waals surface area contributed by atoms with Crippen LogP contribution in [0.25, 0.3) is 0 Å². The summed E-state index contributed by atoms with van der Waals surface area (Å²) in [6.07, 6.45) is 2.74. The minimum Gasteiger partial charge on any atom is -0.286 e. The molecule has 1 N–H and O–H groups in total. The summed E-state index contributed by atoms with van der Waals surface area (Å²) in [5, 5.41) is 0. The molecule has 1 unspecified atom stereocenters. The molecule has 0 aliphatic carbocycles. The van der Waals surface area contributed by atoms with Gasteiger partial charge in [0.25, 0.3) is 10.1 Å². The van der Waals surface area contributed by atoms with Crippen molar-refractivity contribution in [3.05, 3.63) is 0 Å². The fourth-order valence-electron chi connectivity index (χ4n) is 1.92. The van der Waals surface area contributed by atoms with E-state index in [9.17, 15) is 8.42 Å². The highest BCUT2D eigenvalue weighted by atomic mass is 32.2. The molecule has 17 heavy (non-hydrogen) atoms. The van der Waals surface area contributed by atoms with Crippen LogP contribution in [0.2, 0.25) is 0 Å². The minimum atomic E-state index is -3.90. The SMILES string of the molecule is CCC(C)(C)CC(CS(=O)(=O)O)C(C)(C)CC. The third-order valence-corrected chi connectivity index (χ3v) is 5.01. The van der Waals surface area contributed by atoms with E-state index in [1.54, 1.807) is 0 Å². The number of rotatable bonds is 7. The molecule has 0 aliphatic heterocycles. The van der Waals surface area contributed by atoms with Gasteiger partial charge in [-0.1, -0.05) is 54.4 Å². The fraction of sp³-hybridized carbons (Fsp3) is 1.00. The van der Waals surface area contributed by atoms with Crippen LogP contribution < -0.4 is 0 Å². The van der Waals surface area contributed by atoms with Crippen molar-refractivity contribution in [2.75, 3.05) is 5.75 Å². The molecule has 4 heteroatoms. The summed E-state index contributed by atoms with van der Waals surface area (Å²) in [6.45, 7) is 12.6. The van der Waals surface area contributed by atoms with E-state index in [1.165, 1.54) is 0 Å². The van der Waals surface area contributed by atoms with Crippen molar-refractivity contribution in [1.82, 2.24) is 0 Å². The molecular formula is C13H28O3S. The first-order valence-electron chi connectivity index (χ1n) is 6.38. The molecule has 0 saturated heterocycles. The lowest BCUT2D eigenvalue weighted by Crippen LogP contribution is -2.33. The standard InChI is InChI=1S/C13H28O3S/c1-7-12(3,4)9-11(10-17(14,15)16)13(5,6)8-2/h11H,7-10H2,1-6H3,(H,14,15,16). The first-order valence-corrected chi connectivity index (χ1v) is 7.99. The summed E-state index contributed by atoms with van der Waals surface area (Å²) < 4.78 is 31.4. The average Bonchev–Trinajstić information content (AvgIpc) is 2.14. The Bertz CT molecular complexity index is 329. The molecule has 3 nitrogen and oxygen atoms in total. The zero-order chi connectivity index (χ0) is 13.9. The van der Waals surface area contributed by atoms with Gasteiger partial charge in [0.1, 0.15) is 0 Å². The van der Waals surface area contributed by atoms with Gasteiger partial charge in [-0.05, 0) is 23.2 Å². The van der Waals surface area contributed by atoms with Crippen molar-refractivity contribution >= 4 is 10.1 Å². The first kappa shape index (κ1) is 16.9. The summed E-state index contributed by atoms with van der Waals surface area (Å²) in [5.74, 6) is -0.130. The Kier molecular flexibility index (Phi) is 5.67. The predicted molar refractivity (Wildman–Crippen MR) is 72.7 cm³/mol. The maximum Gasteiger partial charge on any atom is 0.265 e. The van der Waals surface area contributed by atoms with Gasteiger partial charge in [0.05, 0.1) is 5.75 Å². The van der Waals surface area contributed by atoms with Gasteiger partial charge < -0.3 is 0 Å². The monoisotopic (exact) mass is 264 g/mol. The van der Waals surface area contributed by atoms with E-state index in [0.717, 1.165) is 19.3 Å². The smallest absolute Gasteiger partial charge is 0.265 e. The largest absolute Gasteiger partial charge is 0.286 e. The van der Waals surface area contributed by atoms with Crippen LogP contribution in [-0.4, -0.2) is 18.7 Å². The van der Waals surface area contributed by atoms with Crippen LogP contribution >= 0.6 is 0 Å². The third kappa shape index (κ3) is 6.41. The molecule has 0 aromatic heterocycles. The summed E-state index contributed by atoms with van der Waals surface area (Å²) >= 11 is 0. The highest BCUT2D eigenvalue weighted by molar-refractivity contribution is 7.85. The van der Waals surface area contributed by atoms with Crippen molar-refractivity contribution in [3.8, 4) is 0 Å². The van der Waals surface area contributed by atoms with Crippen LogP contribution in [0.3, 0.4) is 0 Å². The molecule has 0 fully saturated rings. The van der Waals surface area contributed by atoms with Gasteiger partial charge in [-0.15, -0.1) is 0 Å². The van der Waals surface area contributed by atoms with E-state index in [-0.39, 0.29) is 22.5 Å². The van der Waals surface area contributed by atoms with E-state index < -0.39 is 10.1 Å². The molecule has 0 spiro atoms. The Hall–Kier alpha value is -0.0900. The Labute approximate surface area is 107 Å².